The van der Waals surface area contributed by atoms with E-state index < -0.39 is 6.17 Å². The van der Waals surface area contributed by atoms with Gasteiger partial charge in [-0.15, -0.1) is 0 Å². The minimum absolute atomic E-state index is 0.164. The molecular formula is C14H27FN4O. The molecule has 1 heterocycles. The summed E-state index contributed by atoms with van der Waals surface area (Å²) in [6.45, 7) is 5.69. The van der Waals surface area contributed by atoms with Gasteiger partial charge in [0.1, 0.15) is 11.9 Å². The molecule has 0 radical (unpaired) electrons. The van der Waals surface area contributed by atoms with Crippen LogP contribution < -0.4 is 10.5 Å². The van der Waals surface area contributed by atoms with E-state index in [-0.39, 0.29) is 11.8 Å². The smallest absolute Gasteiger partial charge is 0.162 e. The topological polar surface area (TPSA) is 56.3 Å². The van der Waals surface area contributed by atoms with Crippen LogP contribution in [0.1, 0.15) is 25.7 Å². The maximum Gasteiger partial charge on any atom is 0.162 e. The summed E-state index contributed by atoms with van der Waals surface area (Å²) >= 11 is 0. The highest BCUT2D eigenvalue weighted by atomic mass is 19.1. The summed E-state index contributed by atoms with van der Waals surface area (Å²) in [5.41, 5.74) is 6.22. The van der Waals surface area contributed by atoms with Crippen molar-refractivity contribution < 1.29 is 9.13 Å². The number of hydrogen-bond donors (Lipinski definition) is 1. The number of halogens is 1. The second kappa shape index (κ2) is 7.59. The molecule has 0 amide bonds. The minimum atomic E-state index is -1.17. The molecule has 0 saturated heterocycles. The van der Waals surface area contributed by atoms with Crippen LogP contribution in [0.4, 0.5) is 4.39 Å². The lowest BCUT2D eigenvalue weighted by molar-refractivity contribution is 0.172. The largest absolute Gasteiger partial charge is 0.493 e. The molecule has 1 rings (SSSR count). The molecule has 2 N–H and O–H groups in total. The lowest BCUT2D eigenvalue weighted by Gasteiger charge is -2.24. The fourth-order valence-corrected chi connectivity index (χ4v) is 2.22. The zero-order valence-electron chi connectivity index (χ0n) is 13.1. The highest BCUT2D eigenvalue weighted by Gasteiger charge is 2.30. The summed E-state index contributed by atoms with van der Waals surface area (Å²) in [5.74, 6) is 0.422. The van der Waals surface area contributed by atoms with Gasteiger partial charge in [0.05, 0.1) is 19.9 Å². The maximum atomic E-state index is 14.9. The lowest BCUT2D eigenvalue weighted by Crippen LogP contribution is -2.27. The molecule has 0 spiro atoms. The molecule has 0 aromatic carbocycles. The summed E-state index contributed by atoms with van der Waals surface area (Å²) in [4.78, 5) is 2.04. The normalized spacial score (nSPS) is 14.8. The summed E-state index contributed by atoms with van der Waals surface area (Å²) in [5, 5.41) is 4.24. The van der Waals surface area contributed by atoms with E-state index in [1.807, 2.05) is 32.8 Å². The van der Waals surface area contributed by atoms with Crippen molar-refractivity contribution in [2.24, 2.45) is 17.6 Å². The lowest BCUT2D eigenvalue weighted by atomic mass is 9.89. The molecule has 0 aliphatic heterocycles. The van der Waals surface area contributed by atoms with Crippen molar-refractivity contribution in [3.63, 3.8) is 0 Å². The zero-order valence-corrected chi connectivity index (χ0v) is 13.1. The van der Waals surface area contributed by atoms with E-state index >= 15 is 0 Å². The van der Waals surface area contributed by atoms with Crippen LogP contribution in [-0.2, 0) is 6.54 Å². The number of nitrogens with zero attached hydrogens (tertiary/aromatic N) is 3. The van der Waals surface area contributed by atoms with Gasteiger partial charge >= 0.3 is 0 Å². The van der Waals surface area contributed by atoms with Crippen LogP contribution in [0.2, 0.25) is 0 Å². The highest BCUT2D eigenvalue weighted by Crippen LogP contribution is 2.36. The van der Waals surface area contributed by atoms with Crippen molar-refractivity contribution >= 4 is 0 Å². The van der Waals surface area contributed by atoms with Crippen LogP contribution in [0.15, 0.2) is 6.20 Å². The number of aromatic nitrogens is 2. The molecule has 0 aliphatic rings. The van der Waals surface area contributed by atoms with Gasteiger partial charge in [-0.1, -0.05) is 13.8 Å². The molecule has 2 atom stereocenters. The van der Waals surface area contributed by atoms with E-state index in [2.05, 4.69) is 5.10 Å². The van der Waals surface area contributed by atoms with E-state index in [1.54, 1.807) is 10.9 Å². The first-order valence-electron chi connectivity index (χ1n) is 7.00. The molecule has 5 nitrogen and oxygen atoms in total. The Hall–Kier alpha value is -1.14. The van der Waals surface area contributed by atoms with Crippen LogP contribution in [0, 0.1) is 11.8 Å². The Morgan fingerprint density at radius 2 is 2.10 bits per heavy atom. The zero-order chi connectivity index (χ0) is 15.3. The molecule has 2 unspecified atom stereocenters. The fourth-order valence-electron chi connectivity index (χ4n) is 2.22. The third-order valence-corrected chi connectivity index (χ3v) is 3.59. The van der Waals surface area contributed by atoms with E-state index in [0.29, 0.717) is 24.5 Å². The van der Waals surface area contributed by atoms with Crippen molar-refractivity contribution in [3.05, 3.63) is 11.9 Å². The number of rotatable bonds is 8. The number of likely N-dealkylation sites (N-methyl/N-ethyl adjacent to an activating group) is 1. The van der Waals surface area contributed by atoms with E-state index in [0.717, 1.165) is 6.54 Å². The van der Waals surface area contributed by atoms with Crippen LogP contribution in [0.5, 0.6) is 5.75 Å². The Kier molecular flexibility index (Phi) is 6.42. The quantitative estimate of drug-likeness (QED) is 0.790. The number of methoxy groups -OCH3 is 1. The number of alkyl halides is 1. The Morgan fingerprint density at radius 3 is 2.55 bits per heavy atom. The average Bonchev–Trinajstić information content (AvgIpc) is 2.79. The van der Waals surface area contributed by atoms with Gasteiger partial charge in [-0.05, 0) is 26.6 Å². The summed E-state index contributed by atoms with van der Waals surface area (Å²) in [7, 11) is 5.49. The number of ether oxygens (including phenoxy) is 1. The molecule has 6 heteroatoms. The van der Waals surface area contributed by atoms with Gasteiger partial charge in [0.2, 0.25) is 0 Å². The van der Waals surface area contributed by atoms with Crippen molar-refractivity contribution in [2.75, 3.05) is 34.3 Å². The molecule has 20 heavy (non-hydrogen) atoms. The Balaban J connectivity index is 3.03. The molecule has 0 aliphatic carbocycles. The van der Waals surface area contributed by atoms with E-state index in [4.69, 9.17) is 10.5 Å². The standard InChI is InChI=1S/C14H27FN4O/c1-10(2)11(8-16)13(15)14-12(20-5)9-17-19(14)7-6-18(3)4/h9-11,13H,6-8,16H2,1-5H3. The van der Waals surface area contributed by atoms with Gasteiger partial charge in [0, 0.05) is 12.5 Å². The summed E-state index contributed by atoms with van der Waals surface area (Å²) in [6.07, 6.45) is 0.408. The Labute approximate surface area is 120 Å². The van der Waals surface area contributed by atoms with Gasteiger partial charge in [0.25, 0.3) is 0 Å². The maximum absolute atomic E-state index is 14.9. The van der Waals surface area contributed by atoms with Crippen LogP contribution in [-0.4, -0.2) is 49.0 Å². The second-order valence-corrected chi connectivity index (χ2v) is 5.67. The highest BCUT2D eigenvalue weighted by molar-refractivity contribution is 5.28. The van der Waals surface area contributed by atoms with Gasteiger partial charge in [-0.25, -0.2) is 4.39 Å². The molecule has 116 valence electrons. The number of nitrogens with two attached hydrogens (primary N) is 1. The SMILES string of the molecule is COc1cnn(CCN(C)C)c1C(F)C(CN)C(C)C. The first-order chi connectivity index (χ1) is 9.42. The number of hydrogen-bond acceptors (Lipinski definition) is 4. The van der Waals surface area contributed by atoms with Crippen molar-refractivity contribution in [1.82, 2.24) is 14.7 Å². The van der Waals surface area contributed by atoms with Gasteiger partial charge in [0.15, 0.2) is 5.75 Å². The summed E-state index contributed by atoms with van der Waals surface area (Å²) < 4.78 is 21.8. The first-order valence-corrected chi connectivity index (χ1v) is 7.00. The van der Waals surface area contributed by atoms with Crippen molar-refractivity contribution in [1.29, 1.82) is 0 Å². The third-order valence-electron chi connectivity index (χ3n) is 3.59. The third kappa shape index (κ3) is 3.93. The first kappa shape index (κ1) is 16.9. The van der Waals surface area contributed by atoms with Crippen LogP contribution in [0.3, 0.4) is 0 Å². The predicted molar refractivity (Wildman–Crippen MR) is 78.6 cm³/mol. The fraction of sp³-hybridized carbons (Fsp3) is 0.786. The van der Waals surface area contributed by atoms with Crippen LogP contribution in [0.25, 0.3) is 0 Å². The van der Waals surface area contributed by atoms with Gasteiger partial charge < -0.3 is 15.4 Å². The second-order valence-electron chi connectivity index (χ2n) is 5.67. The Morgan fingerprint density at radius 1 is 1.45 bits per heavy atom. The average molecular weight is 286 g/mol. The van der Waals surface area contributed by atoms with Crippen LogP contribution >= 0.6 is 0 Å². The molecular weight excluding hydrogens is 259 g/mol. The molecule has 1 aromatic heterocycles. The van der Waals surface area contributed by atoms with Gasteiger partial charge in [-0.2, -0.15) is 5.10 Å². The molecule has 0 fully saturated rings. The van der Waals surface area contributed by atoms with Crippen molar-refractivity contribution in [3.8, 4) is 5.75 Å². The summed E-state index contributed by atoms with van der Waals surface area (Å²) in [6, 6.07) is 0. The molecule has 0 saturated carbocycles. The van der Waals surface area contributed by atoms with Crippen molar-refractivity contribution in [2.45, 2.75) is 26.6 Å². The molecule has 1 aromatic rings. The molecule has 0 bridgehead atoms. The van der Waals surface area contributed by atoms with E-state index in [1.165, 1.54) is 7.11 Å². The minimum Gasteiger partial charge on any atom is -0.493 e. The monoisotopic (exact) mass is 286 g/mol. The van der Waals surface area contributed by atoms with Gasteiger partial charge in [-0.3, -0.25) is 4.68 Å². The van der Waals surface area contributed by atoms with E-state index in [9.17, 15) is 4.39 Å². The predicted octanol–water partition coefficient (Wildman–Crippen LogP) is 1.69. The Bertz CT molecular complexity index is 406.